The van der Waals surface area contributed by atoms with Gasteiger partial charge in [-0.3, -0.25) is 9.59 Å². The zero-order valence-corrected chi connectivity index (χ0v) is 15.6. The largest absolute Gasteiger partial charge is 0.355 e. The van der Waals surface area contributed by atoms with Gasteiger partial charge in [-0.2, -0.15) is 0 Å². The summed E-state index contributed by atoms with van der Waals surface area (Å²) < 4.78 is 0. The van der Waals surface area contributed by atoms with Crippen molar-refractivity contribution in [3.63, 3.8) is 0 Å². The van der Waals surface area contributed by atoms with Crippen LogP contribution in [0.2, 0.25) is 0 Å². The molecular formula is C20H26N2O2S. The number of allylic oxidation sites excluding steroid dienone is 1. The average Bonchev–Trinajstić information content (AvgIpc) is 3.04. The number of anilines is 1. The Bertz CT molecular complexity index is 671. The first-order valence-electron chi connectivity index (χ1n) is 9.07. The van der Waals surface area contributed by atoms with E-state index >= 15 is 0 Å². The molecule has 1 aromatic carbocycles. The second kappa shape index (κ2) is 8.56. The van der Waals surface area contributed by atoms with Crippen molar-refractivity contribution < 1.29 is 9.59 Å². The zero-order chi connectivity index (χ0) is 17.6. The van der Waals surface area contributed by atoms with Crippen molar-refractivity contribution in [2.75, 3.05) is 24.2 Å². The highest BCUT2D eigenvalue weighted by Crippen LogP contribution is 2.28. The van der Waals surface area contributed by atoms with Gasteiger partial charge in [0.15, 0.2) is 0 Å². The first kappa shape index (κ1) is 18.1. The van der Waals surface area contributed by atoms with Crippen LogP contribution in [0, 0.1) is 5.92 Å². The normalized spacial score (nSPS) is 20.5. The van der Waals surface area contributed by atoms with Gasteiger partial charge in [-0.15, -0.1) is 11.8 Å². The molecule has 1 atom stereocenters. The highest BCUT2D eigenvalue weighted by Gasteiger charge is 2.35. The highest BCUT2D eigenvalue weighted by molar-refractivity contribution is 7.98. The maximum Gasteiger partial charge on any atom is 0.227 e. The summed E-state index contributed by atoms with van der Waals surface area (Å²) in [5, 5.41) is 3.02. The van der Waals surface area contributed by atoms with Crippen molar-refractivity contribution in [3.8, 4) is 0 Å². The average molecular weight is 359 g/mol. The minimum atomic E-state index is -0.245. The summed E-state index contributed by atoms with van der Waals surface area (Å²) in [6.45, 7) is 1.16. The van der Waals surface area contributed by atoms with E-state index in [4.69, 9.17) is 0 Å². The summed E-state index contributed by atoms with van der Waals surface area (Å²) in [6.07, 6.45) is 10.5. The van der Waals surface area contributed by atoms with Gasteiger partial charge in [-0.25, -0.2) is 0 Å². The molecule has 0 saturated carbocycles. The highest BCUT2D eigenvalue weighted by atomic mass is 32.2. The van der Waals surface area contributed by atoms with Crippen molar-refractivity contribution in [2.45, 2.75) is 43.4 Å². The van der Waals surface area contributed by atoms with Crippen LogP contribution in [0.5, 0.6) is 0 Å². The molecule has 1 unspecified atom stereocenters. The van der Waals surface area contributed by atoms with Gasteiger partial charge in [-0.1, -0.05) is 17.7 Å². The Morgan fingerprint density at radius 1 is 1.36 bits per heavy atom. The summed E-state index contributed by atoms with van der Waals surface area (Å²) in [5.41, 5.74) is 2.35. The minimum Gasteiger partial charge on any atom is -0.355 e. The molecule has 1 saturated heterocycles. The van der Waals surface area contributed by atoms with E-state index in [1.165, 1.54) is 24.8 Å². The molecule has 2 aliphatic rings. The molecule has 0 bridgehead atoms. The molecule has 1 N–H and O–H groups in total. The summed E-state index contributed by atoms with van der Waals surface area (Å²) in [6, 6.07) is 7.93. The molecule has 1 aromatic rings. The van der Waals surface area contributed by atoms with Crippen LogP contribution in [0.15, 0.2) is 40.8 Å². The fraction of sp³-hybridized carbons (Fsp3) is 0.500. The zero-order valence-electron chi connectivity index (χ0n) is 14.8. The molecule has 1 aliphatic carbocycles. The molecule has 0 spiro atoms. The predicted molar refractivity (Wildman–Crippen MR) is 103 cm³/mol. The third-order valence-corrected chi connectivity index (χ3v) is 5.72. The van der Waals surface area contributed by atoms with Crippen LogP contribution in [0.4, 0.5) is 5.69 Å². The molecule has 134 valence electrons. The summed E-state index contributed by atoms with van der Waals surface area (Å²) in [7, 11) is 0. The van der Waals surface area contributed by atoms with E-state index in [2.05, 4.69) is 11.4 Å². The third-order valence-electron chi connectivity index (χ3n) is 4.99. The lowest BCUT2D eigenvalue weighted by Gasteiger charge is -2.17. The topological polar surface area (TPSA) is 49.4 Å². The van der Waals surface area contributed by atoms with Gasteiger partial charge in [0.25, 0.3) is 0 Å². The molecule has 25 heavy (non-hydrogen) atoms. The van der Waals surface area contributed by atoms with Crippen LogP contribution >= 0.6 is 11.8 Å². The number of carbonyl (C=O) groups is 2. The van der Waals surface area contributed by atoms with Gasteiger partial charge in [0.05, 0.1) is 5.92 Å². The number of rotatable bonds is 6. The lowest BCUT2D eigenvalue weighted by atomic mass is 9.97. The summed E-state index contributed by atoms with van der Waals surface area (Å²) in [4.78, 5) is 27.6. The molecule has 2 amide bonds. The first-order chi connectivity index (χ1) is 12.2. The monoisotopic (exact) mass is 358 g/mol. The van der Waals surface area contributed by atoms with Crippen LogP contribution in [0.1, 0.15) is 38.5 Å². The van der Waals surface area contributed by atoms with Gasteiger partial charge in [0, 0.05) is 30.1 Å². The maximum atomic E-state index is 12.4. The van der Waals surface area contributed by atoms with Crippen molar-refractivity contribution in [1.29, 1.82) is 0 Å². The Morgan fingerprint density at radius 2 is 2.24 bits per heavy atom. The van der Waals surface area contributed by atoms with Gasteiger partial charge in [0.2, 0.25) is 11.8 Å². The van der Waals surface area contributed by atoms with E-state index in [1.54, 1.807) is 16.7 Å². The number of thioether (sulfide) groups is 1. The Balaban J connectivity index is 1.52. The van der Waals surface area contributed by atoms with Crippen LogP contribution in [-0.4, -0.2) is 31.2 Å². The predicted octanol–water partition coefficient (Wildman–Crippen LogP) is 3.77. The Kier molecular flexibility index (Phi) is 6.19. The second-order valence-corrected chi connectivity index (χ2v) is 7.64. The third kappa shape index (κ3) is 4.66. The molecule has 5 heteroatoms. The van der Waals surface area contributed by atoms with Crippen molar-refractivity contribution in [2.24, 2.45) is 5.92 Å². The standard InChI is InChI=1S/C20H26N2O2S/c1-25-18-9-5-8-17(13-18)22-14-16(12-19(22)23)20(24)21-11-10-15-6-3-2-4-7-15/h5-6,8-9,13,16H,2-4,7,10-12,14H2,1H3,(H,21,24). The number of nitrogens with one attached hydrogen (secondary N) is 1. The molecular weight excluding hydrogens is 332 g/mol. The van der Waals surface area contributed by atoms with Gasteiger partial charge < -0.3 is 10.2 Å². The van der Waals surface area contributed by atoms with Crippen molar-refractivity contribution in [1.82, 2.24) is 5.32 Å². The van der Waals surface area contributed by atoms with Crippen LogP contribution in [0.3, 0.4) is 0 Å². The van der Waals surface area contributed by atoms with Crippen molar-refractivity contribution >= 4 is 29.3 Å². The Hall–Kier alpha value is -1.75. The number of hydrogen-bond donors (Lipinski definition) is 1. The SMILES string of the molecule is CSc1cccc(N2CC(C(=O)NCCC3=CCCCC3)CC2=O)c1. The van der Waals surface area contributed by atoms with E-state index in [1.807, 2.05) is 30.5 Å². The summed E-state index contributed by atoms with van der Waals surface area (Å²) in [5.74, 6) is -0.201. The molecule has 1 aliphatic heterocycles. The lowest BCUT2D eigenvalue weighted by Crippen LogP contribution is -2.33. The molecule has 0 radical (unpaired) electrons. The van der Waals surface area contributed by atoms with E-state index in [-0.39, 0.29) is 17.7 Å². The van der Waals surface area contributed by atoms with Crippen molar-refractivity contribution in [3.05, 3.63) is 35.9 Å². The van der Waals surface area contributed by atoms with Crippen LogP contribution in [0.25, 0.3) is 0 Å². The van der Waals surface area contributed by atoms with Crippen LogP contribution in [-0.2, 0) is 9.59 Å². The Labute approximate surface area is 154 Å². The van der Waals surface area contributed by atoms with E-state index in [0.29, 0.717) is 19.5 Å². The van der Waals surface area contributed by atoms with Crippen LogP contribution < -0.4 is 10.2 Å². The minimum absolute atomic E-state index is 0.00767. The van der Waals surface area contributed by atoms with Gasteiger partial charge in [0.1, 0.15) is 0 Å². The number of hydrogen-bond acceptors (Lipinski definition) is 3. The van der Waals surface area contributed by atoms with E-state index < -0.39 is 0 Å². The van der Waals surface area contributed by atoms with E-state index in [9.17, 15) is 9.59 Å². The second-order valence-electron chi connectivity index (χ2n) is 6.76. The fourth-order valence-electron chi connectivity index (χ4n) is 3.53. The number of carbonyl (C=O) groups excluding carboxylic acids is 2. The quantitative estimate of drug-likeness (QED) is 0.622. The smallest absolute Gasteiger partial charge is 0.227 e. The molecule has 1 fully saturated rings. The number of nitrogens with zero attached hydrogens (tertiary/aromatic N) is 1. The first-order valence-corrected chi connectivity index (χ1v) is 10.3. The lowest BCUT2D eigenvalue weighted by molar-refractivity contribution is -0.126. The summed E-state index contributed by atoms with van der Waals surface area (Å²) >= 11 is 1.65. The molecule has 0 aromatic heterocycles. The Morgan fingerprint density at radius 3 is 3.00 bits per heavy atom. The number of amides is 2. The number of benzene rings is 1. The fourth-order valence-corrected chi connectivity index (χ4v) is 3.99. The van der Waals surface area contributed by atoms with Gasteiger partial charge >= 0.3 is 0 Å². The van der Waals surface area contributed by atoms with E-state index in [0.717, 1.165) is 23.4 Å². The molecule has 1 heterocycles. The van der Waals surface area contributed by atoms with Gasteiger partial charge in [-0.05, 0) is 56.6 Å². The molecule has 4 nitrogen and oxygen atoms in total. The maximum absolute atomic E-state index is 12.4. The molecule has 3 rings (SSSR count).